The number of aliphatic hydroxyl groups excluding tert-OH is 2. The second kappa shape index (κ2) is 5.49. The van der Waals surface area contributed by atoms with Crippen molar-refractivity contribution in [2.24, 2.45) is 0 Å². The standard InChI is InChI=1S/C11H12F3N5O5/c12-11(13,14)24-10(22)6(21)4(1-20)23-9(10)19-3-18-5-7(15)16-2-17-8(5)19/h2-4,6,9,20-22H,1H2,(H2,15,16,17)/t4-,6-,9-,10+/m1/s1. The summed E-state index contributed by atoms with van der Waals surface area (Å²) in [5.41, 5.74) is 5.59. The Morgan fingerprint density at radius 3 is 2.71 bits per heavy atom. The van der Waals surface area contributed by atoms with Crippen LogP contribution in [0.3, 0.4) is 0 Å². The second-order valence-corrected chi connectivity index (χ2v) is 5.04. The van der Waals surface area contributed by atoms with Crippen molar-refractivity contribution in [3.8, 4) is 0 Å². The topological polar surface area (TPSA) is 149 Å². The molecule has 1 aliphatic heterocycles. The fourth-order valence-electron chi connectivity index (χ4n) is 2.50. The zero-order valence-electron chi connectivity index (χ0n) is 11.8. The molecule has 1 saturated heterocycles. The summed E-state index contributed by atoms with van der Waals surface area (Å²) in [6.07, 6.45) is -8.87. The van der Waals surface area contributed by atoms with E-state index in [4.69, 9.17) is 15.6 Å². The van der Waals surface area contributed by atoms with Crippen LogP contribution in [0.25, 0.3) is 11.2 Å². The molecule has 2 aromatic rings. The zero-order valence-corrected chi connectivity index (χ0v) is 11.8. The van der Waals surface area contributed by atoms with Crippen LogP contribution in [0, 0.1) is 0 Å². The summed E-state index contributed by atoms with van der Waals surface area (Å²) in [6, 6.07) is 0. The number of imidazole rings is 1. The number of aromatic nitrogens is 4. The van der Waals surface area contributed by atoms with Gasteiger partial charge in [-0.1, -0.05) is 0 Å². The molecule has 24 heavy (non-hydrogen) atoms. The first-order valence-corrected chi connectivity index (χ1v) is 6.54. The van der Waals surface area contributed by atoms with Crippen molar-refractivity contribution in [3.05, 3.63) is 12.7 Å². The lowest BCUT2D eigenvalue weighted by molar-refractivity contribution is -0.433. The molecule has 0 bridgehead atoms. The first-order valence-electron chi connectivity index (χ1n) is 6.54. The molecular formula is C11H12F3N5O5. The van der Waals surface area contributed by atoms with Gasteiger partial charge in [0.05, 0.1) is 12.9 Å². The van der Waals surface area contributed by atoms with E-state index in [2.05, 4.69) is 19.7 Å². The molecule has 2 aromatic heterocycles. The molecule has 4 atom stereocenters. The third-order valence-electron chi connectivity index (χ3n) is 3.53. The average Bonchev–Trinajstić information content (AvgIpc) is 2.99. The largest absolute Gasteiger partial charge is 0.525 e. The van der Waals surface area contributed by atoms with Crippen LogP contribution in [0.5, 0.6) is 0 Å². The van der Waals surface area contributed by atoms with Crippen molar-refractivity contribution in [3.63, 3.8) is 0 Å². The summed E-state index contributed by atoms with van der Waals surface area (Å²) in [7, 11) is 0. The molecular weight excluding hydrogens is 339 g/mol. The van der Waals surface area contributed by atoms with Crippen LogP contribution in [-0.2, 0) is 9.47 Å². The number of fused-ring (bicyclic) bond motifs is 1. The summed E-state index contributed by atoms with van der Waals surface area (Å²) in [5, 5.41) is 29.4. The molecule has 0 aromatic carbocycles. The van der Waals surface area contributed by atoms with E-state index in [0.717, 1.165) is 17.2 Å². The maximum atomic E-state index is 12.7. The fourth-order valence-corrected chi connectivity index (χ4v) is 2.50. The molecule has 5 N–H and O–H groups in total. The number of nitrogens with two attached hydrogens (primary N) is 1. The van der Waals surface area contributed by atoms with E-state index in [0.29, 0.717) is 0 Å². The van der Waals surface area contributed by atoms with Crippen LogP contribution < -0.4 is 5.73 Å². The Morgan fingerprint density at radius 2 is 2.08 bits per heavy atom. The normalized spacial score (nSPS) is 31.0. The van der Waals surface area contributed by atoms with Gasteiger partial charge in [-0.05, 0) is 0 Å². The maximum Gasteiger partial charge on any atom is 0.525 e. The van der Waals surface area contributed by atoms with E-state index in [9.17, 15) is 23.4 Å². The monoisotopic (exact) mass is 351 g/mol. The van der Waals surface area contributed by atoms with Gasteiger partial charge in [-0.25, -0.2) is 15.0 Å². The van der Waals surface area contributed by atoms with Crippen molar-refractivity contribution < 1.29 is 38.0 Å². The van der Waals surface area contributed by atoms with Crippen LogP contribution in [0.1, 0.15) is 6.23 Å². The van der Waals surface area contributed by atoms with Gasteiger partial charge < -0.3 is 25.8 Å². The van der Waals surface area contributed by atoms with E-state index in [-0.39, 0.29) is 17.0 Å². The molecule has 3 heterocycles. The van der Waals surface area contributed by atoms with Crippen molar-refractivity contribution in [1.29, 1.82) is 0 Å². The highest BCUT2D eigenvalue weighted by Crippen LogP contribution is 2.43. The average molecular weight is 351 g/mol. The minimum absolute atomic E-state index is 0.0451. The van der Waals surface area contributed by atoms with E-state index in [1.54, 1.807) is 0 Å². The lowest BCUT2D eigenvalue weighted by Crippen LogP contribution is -2.52. The van der Waals surface area contributed by atoms with Gasteiger partial charge in [0.1, 0.15) is 24.1 Å². The van der Waals surface area contributed by atoms with Crippen LogP contribution in [0.2, 0.25) is 0 Å². The number of nitrogen functional groups attached to an aromatic ring is 1. The van der Waals surface area contributed by atoms with Gasteiger partial charge in [-0.15, -0.1) is 13.2 Å². The van der Waals surface area contributed by atoms with Crippen molar-refractivity contribution in [2.45, 2.75) is 30.6 Å². The highest BCUT2D eigenvalue weighted by Gasteiger charge is 2.62. The predicted molar refractivity (Wildman–Crippen MR) is 68.8 cm³/mol. The van der Waals surface area contributed by atoms with E-state index < -0.39 is 37.2 Å². The lowest BCUT2D eigenvalue weighted by atomic mass is 10.1. The number of rotatable bonds is 3. The predicted octanol–water partition coefficient (Wildman–Crippen LogP) is -1.12. The van der Waals surface area contributed by atoms with Crippen LogP contribution in [0.15, 0.2) is 12.7 Å². The Hall–Kier alpha value is -2.06. The van der Waals surface area contributed by atoms with E-state index in [1.807, 2.05) is 0 Å². The van der Waals surface area contributed by atoms with Gasteiger partial charge in [0.25, 0.3) is 0 Å². The highest BCUT2D eigenvalue weighted by molar-refractivity contribution is 5.81. The van der Waals surface area contributed by atoms with Gasteiger partial charge in [-0.2, -0.15) is 0 Å². The smallest absolute Gasteiger partial charge is 0.394 e. The number of hydrogen-bond donors (Lipinski definition) is 4. The van der Waals surface area contributed by atoms with Gasteiger partial charge in [0.2, 0.25) is 5.79 Å². The molecule has 0 aliphatic carbocycles. The summed E-state index contributed by atoms with van der Waals surface area (Å²) in [5.74, 6) is -3.28. The van der Waals surface area contributed by atoms with Crippen molar-refractivity contribution >= 4 is 17.0 Å². The van der Waals surface area contributed by atoms with Gasteiger partial charge in [-0.3, -0.25) is 9.30 Å². The molecule has 3 rings (SSSR count). The minimum Gasteiger partial charge on any atom is -0.394 e. The Bertz CT molecular complexity index is 755. The summed E-state index contributed by atoms with van der Waals surface area (Å²) in [6.45, 7) is -0.856. The van der Waals surface area contributed by atoms with Gasteiger partial charge in [0, 0.05) is 0 Å². The minimum atomic E-state index is -5.29. The number of hydrogen-bond acceptors (Lipinski definition) is 9. The number of alkyl halides is 3. The summed E-state index contributed by atoms with van der Waals surface area (Å²) < 4.78 is 47.7. The molecule has 0 unspecified atom stereocenters. The van der Waals surface area contributed by atoms with Gasteiger partial charge >= 0.3 is 6.36 Å². The lowest BCUT2D eigenvalue weighted by Gasteiger charge is -2.31. The number of aliphatic hydroxyl groups is 3. The highest BCUT2D eigenvalue weighted by atomic mass is 19.4. The SMILES string of the molecule is Nc1ncnc2c1ncn2[C@@H]1O[C@H](CO)[C@@H](O)[C@]1(O)OC(F)(F)F. The zero-order chi connectivity index (χ0) is 17.7. The molecule has 10 nitrogen and oxygen atoms in total. The molecule has 132 valence electrons. The third kappa shape index (κ3) is 2.55. The second-order valence-electron chi connectivity index (χ2n) is 5.04. The summed E-state index contributed by atoms with van der Waals surface area (Å²) >= 11 is 0. The van der Waals surface area contributed by atoms with Crippen molar-refractivity contribution in [1.82, 2.24) is 19.5 Å². The molecule has 13 heteroatoms. The molecule has 0 spiro atoms. The maximum absolute atomic E-state index is 12.7. The van der Waals surface area contributed by atoms with Crippen LogP contribution >= 0.6 is 0 Å². The Labute approximate surface area is 131 Å². The molecule has 0 radical (unpaired) electrons. The number of ether oxygens (including phenoxy) is 2. The molecule has 0 amide bonds. The van der Waals surface area contributed by atoms with Gasteiger partial charge in [0.15, 0.2) is 17.7 Å². The Morgan fingerprint density at radius 1 is 1.38 bits per heavy atom. The quantitative estimate of drug-likeness (QED) is 0.505. The fraction of sp³-hybridized carbons (Fsp3) is 0.545. The third-order valence-corrected chi connectivity index (χ3v) is 3.53. The van der Waals surface area contributed by atoms with Crippen LogP contribution in [-0.4, -0.2) is 65.8 Å². The number of halogens is 3. The van der Waals surface area contributed by atoms with E-state index in [1.165, 1.54) is 0 Å². The Balaban J connectivity index is 2.10. The first kappa shape index (κ1) is 16.8. The van der Waals surface area contributed by atoms with Crippen molar-refractivity contribution in [2.75, 3.05) is 12.3 Å². The van der Waals surface area contributed by atoms with Crippen LogP contribution in [0.4, 0.5) is 19.0 Å². The summed E-state index contributed by atoms with van der Waals surface area (Å²) in [4.78, 5) is 11.3. The number of nitrogens with zero attached hydrogens (tertiary/aromatic N) is 4. The first-order chi connectivity index (χ1) is 11.2. The molecule has 0 saturated carbocycles. The van der Waals surface area contributed by atoms with E-state index >= 15 is 0 Å². The molecule has 1 fully saturated rings. The Kier molecular flexibility index (Phi) is 3.84. The number of anilines is 1. The molecule has 1 aliphatic rings.